The fourth-order valence-electron chi connectivity index (χ4n) is 2.55. The molecule has 1 aliphatic rings. The molecule has 0 spiro atoms. The topological polar surface area (TPSA) is 49.5 Å². The van der Waals surface area contributed by atoms with Crippen LogP contribution in [0.2, 0.25) is 0 Å². The summed E-state index contributed by atoms with van der Waals surface area (Å²) in [4.78, 5) is 2.42. The number of rotatable bonds is 3. The summed E-state index contributed by atoms with van der Waals surface area (Å²) in [5, 5.41) is 9.24. The maximum absolute atomic E-state index is 9.24. The molecule has 1 heterocycles. The van der Waals surface area contributed by atoms with Gasteiger partial charge in [0.1, 0.15) is 0 Å². The van der Waals surface area contributed by atoms with E-state index in [-0.39, 0.29) is 0 Å². The van der Waals surface area contributed by atoms with Crippen LogP contribution in [-0.2, 0) is 6.54 Å². The molecule has 19 heavy (non-hydrogen) atoms. The Hall–Kier alpha value is -1.34. The van der Waals surface area contributed by atoms with Gasteiger partial charge < -0.3 is 10.8 Å². The Morgan fingerprint density at radius 3 is 2.79 bits per heavy atom. The van der Waals surface area contributed by atoms with E-state index in [0.29, 0.717) is 19.1 Å². The molecule has 2 rings (SSSR count). The Labute approximate surface area is 115 Å². The number of hydrogen-bond acceptors (Lipinski definition) is 3. The average Bonchev–Trinajstić information content (AvgIpc) is 2.47. The predicted octanol–water partition coefficient (Wildman–Crippen LogP) is 1.20. The zero-order valence-corrected chi connectivity index (χ0v) is 11.3. The molecular formula is C16H22N2O. The lowest BCUT2D eigenvalue weighted by molar-refractivity contribution is 0.116. The summed E-state index contributed by atoms with van der Waals surface area (Å²) in [6.07, 6.45) is 2.34. The summed E-state index contributed by atoms with van der Waals surface area (Å²) >= 11 is 0. The standard InChI is InChI=1S/C16H22N2O/c17-9-1-3-14-5-7-15(8-6-14)11-18-10-2-4-16(12-18)13-19/h5-8,16,19H,2,4,9-13,17H2. The second-order valence-electron chi connectivity index (χ2n) is 5.13. The predicted molar refractivity (Wildman–Crippen MR) is 77.5 cm³/mol. The first-order valence-corrected chi connectivity index (χ1v) is 6.93. The van der Waals surface area contributed by atoms with Crippen LogP contribution in [-0.4, -0.2) is 36.2 Å². The van der Waals surface area contributed by atoms with E-state index in [1.54, 1.807) is 0 Å². The Kier molecular flexibility index (Phi) is 5.41. The highest BCUT2D eigenvalue weighted by molar-refractivity contribution is 5.36. The molecule has 0 amide bonds. The van der Waals surface area contributed by atoms with Crippen molar-refractivity contribution >= 4 is 0 Å². The molecule has 1 unspecified atom stereocenters. The Bertz CT molecular complexity index is 444. The largest absolute Gasteiger partial charge is 0.396 e. The van der Waals surface area contributed by atoms with Gasteiger partial charge in [0.25, 0.3) is 0 Å². The van der Waals surface area contributed by atoms with Crippen molar-refractivity contribution < 1.29 is 5.11 Å². The van der Waals surface area contributed by atoms with Gasteiger partial charge in [-0.05, 0) is 43.0 Å². The lowest BCUT2D eigenvalue weighted by Gasteiger charge is -2.31. The third kappa shape index (κ3) is 4.36. The van der Waals surface area contributed by atoms with Gasteiger partial charge in [0.05, 0.1) is 6.54 Å². The van der Waals surface area contributed by atoms with E-state index < -0.39 is 0 Å². The van der Waals surface area contributed by atoms with Crippen LogP contribution in [0, 0.1) is 17.8 Å². The van der Waals surface area contributed by atoms with Crippen molar-refractivity contribution in [1.82, 2.24) is 4.90 Å². The zero-order valence-electron chi connectivity index (χ0n) is 11.3. The number of benzene rings is 1. The summed E-state index contributed by atoms with van der Waals surface area (Å²) in [6, 6.07) is 8.35. The van der Waals surface area contributed by atoms with Crippen LogP contribution in [0.1, 0.15) is 24.0 Å². The third-order valence-electron chi connectivity index (χ3n) is 3.56. The van der Waals surface area contributed by atoms with Crippen molar-refractivity contribution in [2.45, 2.75) is 19.4 Å². The number of aliphatic hydroxyl groups excluding tert-OH is 1. The lowest BCUT2D eigenvalue weighted by Crippen LogP contribution is -2.36. The number of likely N-dealkylation sites (tertiary alicyclic amines) is 1. The van der Waals surface area contributed by atoms with Crippen LogP contribution in [0.4, 0.5) is 0 Å². The summed E-state index contributed by atoms with van der Waals surface area (Å²) < 4.78 is 0. The van der Waals surface area contributed by atoms with E-state index in [0.717, 1.165) is 31.6 Å². The van der Waals surface area contributed by atoms with E-state index >= 15 is 0 Å². The fourth-order valence-corrected chi connectivity index (χ4v) is 2.55. The maximum atomic E-state index is 9.24. The summed E-state index contributed by atoms with van der Waals surface area (Å²) in [5.74, 6) is 6.34. The molecule has 1 fully saturated rings. The highest BCUT2D eigenvalue weighted by Gasteiger charge is 2.18. The van der Waals surface area contributed by atoms with Crippen molar-refractivity contribution in [2.75, 3.05) is 26.2 Å². The third-order valence-corrected chi connectivity index (χ3v) is 3.56. The number of nitrogens with zero attached hydrogens (tertiary/aromatic N) is 1. The van der Waals surface area contributed by atoms with Crippen LogP contribution < -0.4 is 5.73 Å². The van der Waals surface area contributed by atoms with Crippen LogP contribution in [0.5, 0.6) is 0 Å². The number of aliphatic hydroxyl groups is 1. The van der Waals surface area contributed by atoms with E-state index in [2.05, 4.69) is 28.9 Å². The van der Waals surface area contributed by atoms with Crippen molar-refractivity contribution in [1.29, 1.82) is 0 Å². The minimum Gasteiger partial charge on any atom is -0.396 e. The van der Waals surface area contributed by atoms with Gasteiger partial charge >= 0.3 is 0 Å². The molecule has 0 saturated carbocycles. The summed E-state index contributed by atoms with van der Waals surface area (Å²) in [6.45, 7) is 3.81. The number of piperidine rings is 1. The Morgan fingerprint density at radius 1 is 1.32 bits per heavy atom. The first-order valence-electron chi connectivity index (χ1n) is 6.93. The monoisotopic (exact) mass is 258 g/mol. The zero-order chi connectivity index (χ0) is 13.5. The Morgan fingerprint density at radius 2 is 2.11 bits per heavy atom. The van der Waals surface area contributed by atoms with Crippen LogP contribution >= 0.6 is 0 Å². The highest BCUT2D eigenvalue weighted by Crippen LogP contribution is 2.18. The molecule has 1 aliphatic heterocycles. The first-order chi connectivity index (χ1) is 9.31. The van der Waals surface area contributed by atoms with Gasteiger partial charge in [0.15, 0.2) is 0 Å². The molecule has 3 nitrogen and oxygen atoms in total. The molecule has 1 saturated heterocycles. The van der Waals surface area contributed by atoms with Gasteiger partial charge in [-0.25, -0.2) is 0 Å². The van der Waals surface area contributed by atoms with E-state index in [1.807, 2.05) is 12.1 Å². The fraction of sp³-hybridized carbons (Fsp3) is 0.500. The molecule has 0 radical (unpaired) electrons. The van der Waals surface area contributed by atoms with Gasteiger partial charge in [-0.15, -0.1) is 0 Å². The molecule has 1 aromatic carbocycles. The Balaban J connectivity index is 1.92. The highest BCUT2D eigenvalue weighted by atomic mass is 16.3. The van der Waals surface area contributed by atoms with Gasteiger partial charge in [-0.2, -0.15) is 0 Å². The average molecular weight is 258 g/mol. The van der Waals surface area contributed by atoms with Crippen LogP contribution in [0.25, 0.3) is 0 Å². The van der Waals surface area contributed by atoms with Crippen LogP contribution in [0.15, 0.2) is 24.3 Å². The number of hydrogen-bond donors (Lipinski definition) is 2. The van der Waals surface area contributed by atoms with E-state index in [1.165, 1.54) is 12.0 Å². The van der Waals surface area contributed by atoms with Gasteiger partial charge in [-0.1, -0.05) is 24.0 Å². The molecule has 1 aromatic rings. The SMILES string of the molecule is NCC#Cc1ccc(CN2CCCC(CO)C2)cc1. The van der Waals surface area contributed by atoms with Crippen LogP contribution in [0.3, 0.4) is 0 Å². The van der Waals surface area contributed by atoms with Gasteiger partial charge in [-0.3, -0.25) is 4.90 Å². The van der Waals surface area contributed by atoms with E-state index in [4.69, 9.17) is 5.73 Å². The molecule has 3 N–H and O–H groups in total. The van der Waals surface area contributed by atoms with Crippen molar-refractivity contribution in [3.05, 3.63) is 35.4 Å². The molecule has 1 atom stereocenters. The lowest BCUT2D eigenvalue weighted by atomic mass is 9.98. The second kappa shape index (κ2) is 7.30. The normalized spacial score (nSPS) is 19.8. The second-order valence-corrected chi connectivity index (χ2v) is 5.13. The molecule has 3 heteroatoms. The van der Waals surface area contributed by atoms with Crippen molar-refractivity contribution in [3.63, 3.8) is 0 Å². The van der Waals surface area contributed by atoms with Crippen molar-refractivity contribution in [3.8, 4) is 11.8 Å². The van der Waals surface area contributed by atoms with E-state index in [9.17, 15) is 5.11 Å². The summed E-state index contributed by atoms with van der Waals surface area (Å²) in [5.41, 5.74) is 7.67. The quantitative estimate of drug-likeness (QED) is 0.801. The maximum Gasteiger partial charge on any atom is 0.0555 e. The molecule has 0 bridgehead atoms. The van der Waals surface area contributed by atoms with Crippen molar-refractivity contribution in [2.24, 2.45) is 11.7 Å². The first kappa shape index (κ1) is 14.1. The molecule has 0 aromatic heterocycles. The molecule has 0 aliphatic carbocycles. The molecular weight excluding hydrogens is 236 g/mol. The molecule has 102 valence electrons. The number of nitrogens with two attached hydrogens (primary N) is 1. The van der Waals surface area contributed by atoms with Gasteiger partial charge in [0, 0.05) is 25.3 Å². The smallest absolute Gasteiger partial charge is 0.0555 e. The summed E-state index contributed by atoms with van der Waals surface area (Å²) in [7, 11) is 0. The minimum absolute atomic E-state index is 0.310. The minimum atomic E-state index is 0.310. The van der Waals surface area contributed by atoms with Gasteiger partial charge in [0.2, 0.25) is 0 Å².